The number of rotatable bonds is 2. The molecule has 0 fully saturated rings. The van der Waals surface area contributed by atoms with Gasteiger partial charge in [0.2, 0.25) is 0 Å². The van der Waals surface area contributed by atoms with Gasteiger partial charge >= 0.3 is 6.09 Å². The van der Waals surface area contributed by atoms with Gasteiger partial charge in [-0.2, -0.15) is 0 Å². The molecule has 0 saturated carbocycles. The highest BCUT2D eigenvalue weighted by atomic mass is 28.3. The number of carboxylic acid groups (broad SMARTS) is 1. The van der Waals surface area contributed by atoms with Gasteiger partial charge in [0.05, 0.1) is 21.2 Å². The summed E-state index contributed by atoms with van der Waals surface area (Å²) >= 11 is 0. The Morgan fingerprint density at radius 1 is 1.15 bits per heavy atom. The Hall–Kier alpha value is -1.88. The average molecular weight is 289 g/mol. The molecule has 0 aliphatic carbocycles. The van der Waals surface area contributed by atoms with Crippen LogP contribution in [-0.4, -0.2) is 43.0 Å². The molecule has 0 saturated heterocycles. The summed E-state index contributed by atoms with van der Waals surface area (Å²) in [6.07, 6.45) is -1.04. The molecule has 1 heterocycles. The maximum Gasteiger partial charge on any atom is 0.408 e. The molecule has 1 aliphatic heterocycles. The van der Waals surface area contributed by atoms with Gasteiger partial charge in [0.25, 0.3) is 0 Å². The Balaban J connectivity index is 2.58. The smallest absolute Gasteiger partial charge is 0.408 e. The molecule has 1 amide bonds. The maximum absolute atomic E-state index is 12.4. The van der Waals surface area contributed by atoms with Crippen LogP contribution in [0.1, 0.15) is 5.56 Å². The second-order valence-electron chi connectivity index (χ2n) is 6.03. The van der Waals surface area contributed by atoms with Crippen LogP contribution in [-0.2, 0) is 4.79 Å². The van der Waals surface area contributed by atoms with E-state index in [9.17, 15) is 14.7 Å². The molecule has 0 atom stereocenters. The lowest BCUT2D eigenvalue weighted by molar-refractivity contribution is -0.116. The van der Waals surface area contributed by atoms with Gasteiger partial charge in [-0.1, -0.05) is 50.0 Å². The number of hydrogen-bond donors (Lipinski definition) is 1. The van der Waals surface area contributed by atoms with E-state index in [1.807, 2.05) is 30.3 Å². The van der Waals surface area contributed by atoms with Gasteiger partial charge in [-0.25, -0.2) is 4.79 Å². The second-order valence-corrected chi connectivity index (χ2v) is 11.0. The summed E-state index contributed by atoms with van der Waals surface area (Å²) in [4.78, 5) is 24.8. The summed E-state index contributed by atoms with van der Waals surface area (Å²) in [5, 5.41) is 10.0. The number of nitrogens with zero attached hydrogens (tertiary/aromatic N) is 1. The van der Waals surface area contributed by atoms with Crippen molar-refractivity contribution in [2.75, 3.05) is 13.1 Å². The lowest BCUT2D eigenvalue weighted by Crippen LogP contribution is -2.45. The molecule has 1 N–H and O–H groups in total. The molecule has 4 nitrogen and oxygen atoms in total. The summed E-state index contributed by atoms with van der Waals surface area (Å²) < 4.78 is 0. The van der Waals surface area contributed by atoms with Gasteiger partial charge in [0.1, 0.15) is 0 Å². The molecule has 5 heteroatoms. The molecule has 106 valence electrons. The van der Waals surface area contributed by atoms with Crippen LogP contribution in [0.15, 0.2) is 35.5 Å². The van der Waals surface area contributed by atoms with Crippen molar-refractivity contribution < 1.29 is 14.7 Å². The van der Waals surface area contributed by atoms with Crippen molar-refractivity contribution in [1.82, 2.24) is 4.90 Å². The van der Waals surface area contributed by atoms with E-state index in [1.54, 1.807) is 0 Å². The topological polar surface area (TPSA) is 57.6 Å². The first kappa shape index (κ1) is 14.5. The summed E-state index contributed by atoms with van der Waals surface area (Å²) in [7, 11) is -1.82. The maximum atomic E-state index is 12.4. The predicted molar refractivity (Wildman–Crippen MR) is 81.3 cm³/mol. The van der Waals surface area contributed by atoms with Crippen LogP contribution in [0, 0.1) is 0 Å². The van der Waals surface area contributed by atoms with Crippen LogP contribution < -0.4 is 0 Å². The van der Waals surface area contributed by atoms with Gasteiger partial charge in [-0.3, -0.25) is 9.69 Å². The Morgan fingerprint density at radius 3 is 2.25 bits per heavy atom. The Kier molecular flexibility index (Phi) is 3.81. The van der Waals surface area contributed by atoms with Crippen molar-refractivity contribution >= 4 is 25.5 Å². The number of carbonyl (C=O) groups excluding carboxylic acids is 1. The number of amides is 1. The minimum atomic E-state index is -1.82. The highest BCUT2D eigenvalue weighted by Crippen LogP contribution is 2.30. The molecule has 20 heavy (non-hydrogen) atoms. The van der Waals surface area contributed by atoms with Gasteiger partial charge in [0, 0.05) is 0 Å². The summed E-state index contributed by atoms with van der Waals surface area (Å²) in [5.41, 5.74) is 1.83. The van der Waals surface area contributed by atoms with E-state index < -0.39 is 14.2 Å². The van der Waals surface area contributed by atoms with Crippen molar-refractivity contribution in [2.24, 2.45) is 0 Å². The van der Waals surface area contributed by atoms with E-state index in [4.69, 9.17) is 0 Å². The lowest BCUT2D eigenvalue weighted by atomic mass is 10.0. The standard InChI is InChI=1S/C15H19NO3Si/c1-20(2,3)14-12(11-7-5-4-6-8-11)9-16(15(18)19)10-13(14)17/h4-8H,9-10H2,1-3H3,(H,18,19). The fraction of sp³-hybridized carbons (Fsp3) is 0.333. The molecule has 0 unspecified atom stereocenters. The lowest BCUT2D eigenvalue weighted by Gasteiger charge is -2.33. The third kappa shape index (κ3) is 2.82. The zero-order valence-corrected chi connectivity index (χ0v) is 13.0. The molecule has 1 aromatic carbocycles. The fourth-order valence-electron chi connectivity index (χ4n) is 2.63. The molecule has 0 radical (unpaired) electrons. The summed E-state index contributed by atoms with van der Waals surface area (Å²) in [5.74, 6) is -0.0448. The first-order chi connectivity index (χ1) is 9.30. The van der Waals surface area contributed by atoms with E-state index in [0.29, 0.717) is 6.54 Å². The number of hydrogen-bond acceptors (Lipinski definition) is 2. The van der Waals surface area contributed by atoms with Gasteiger partial charge in [-0.05, 0) is 16.3 Å². The molecular weight excluding hydrogens is 270 g/mol. The molecule has 2 rings (SSSR count). The van der Waals surface area contributed by atoms with E-state index in [-0.39, 0.29) is 12.3 Å². The molecular formula is C15H19NO3Si. The van der Waals surface area contributed by atoms with E-state index in [1.165, 1.54) is 4.90 Å². The normalized spacial score (nSPS) is 16.6. The number of Topliss-reactive ketones (excluding diaryl/α,β-unsaturated/α-hetero) is 1. The van der Waals surface area contributed by atoms with Crippen LogP contribution in [0.2, 0.25) is 19.6 Å². The zero-order chi connectivity index (χ0) is 14.9. The Bertz CT molecular complexity index is 573. The quantitative estimate of drug-likeness (QED) is 0.852. The predicted octanol–water partition coefficient (Wildman–Crippen LogP) is 2.88. The van der Waals surface area contributed by atoms with Gasteiger partial charge in [-0.15, -0.1) is 0 Å². The van der Waals surface area contributed by atoms with Crippen LogP contribution >= 0.6 is 0 Å². The highest BCUT2D eigenvalue weighted by Gasteiger charge is 2.35. The van der Waals surface area contributed by atoms with Crippen LogP contribution in [0.25, 0.3) is 5.57 Å². The van der Waals surface area contributed by atoms with E-state index in [0.717, 1.165) is 16.3 Å². The Labute approximate surface area is 119 Å². The molecule has 0 spiro atoms. The first-order valence-corrected chi connectivity index (χ1v) is 10.1. The molecule has 0 bridgehead atoms. The number of ketones is 1. The van der Waals surface area contributed by atoms with E-state index >= 15 is 0 Å². The monoisotopic (exact) mass is 289 g/mol. The fourth-order valence-corrected chi connectivity index (χ4v) is 4.67. The second kappa shape index (κ2) is 5.24. The third-order valence-corrected chi connectivity index (χ3v) is 5.49. The third-order valence-electron chi connectivity index (χ3n) is 3.41. The summed E-state index contributed by atoms with van der Waals surface area (Å²) in [6, 6.07) is 9.61. The van der Waals surface area contributed by atoms with Crippen LogP contribution in [0.5, 0.6) is 0 Å². The highest BCUT2D eigenvalue weighted by molar-refractivity contribution is 6.88. The Morgan fingerprint density at radius 2 is 1.75 bits per heavy atom. The average Bonchev–Trinajstić information content (AvgIpc) is 2.37. The van der Waals surface area contributed by atoms with Crippen LogP contribution in [0.3, 0.4) is 0 Å². The first-order valence-electron chi connectivity index (χ1n) is 6.61. The molecule has 1 aromatic rings. The van der Waals surface area contributed by atoms with Crippen molar-refractivity contribution in [3.63, 3.8) is 0 Å². The van der Waals surface area contributed by atoms with Crippen molar-refractivity contribution in [3.05, 3.63) is 41.1 Å². The van der Waals surface area contributed by atoms with Crippen molar-refractivity contribution in [1.29, 1.82) is 0 Å². The van der Waals surface area contributed by atoms with E-state index in [2.05, 4.69) is 19.6 Å². The van der Waals surface area contributed by atoms with Crippen molar-refractivity contribution in [2.45, 2.75) is 19.6 Å². The number of benzene rings is 1. The SMILES string of the molecule is C[Si](C)(C)C1=C(c2ccccc2)CN(C(=O)O)CC1=O. The van der Waals surface area contributed by atoms with Crippen molar-refractivity contribution in [3.8, 4) is 0 Å². The molecule has 1 aliphatic rings. The number of carbonyl (C=O) groups is 2. The largest absolute Gasteiger partial charge is 0.465 e. The minimum Gasteiger partial charge on any atom is -0.465 e. The van der Waals surface area contributed by atoms with Gasteiger partial charge in [0.15, 0.2) is 5.78 Å². The zero-order valence-electron chi connectivity index (χ0n) is 12.0. The summed E-state index contributed by atoms with van der Waals surface area (Å²) in [6.45, 7) is 6.65. The minimum absolute atomic E-state index is 0.0225. The van der Waals surface area contributed by atoms with Crippen LogP contribution in [0.4, 0.5) is 4.79 Å². The van der Waals surface area contributed by atoms with Gasteiger partial charge < -0.3 is 5.11 Å². The molecule has 0 aromatic heterocycles.